The van der Waals surface area contributed by atoms with Crippen LogP contribution < -0.4 is 0 Å². The molecule has 0 radical (unpaired) electrons. The predicted octanol–water partition coefficient (Wildman–Crippen LogP) is 5.72. The van der Waals surface area contributed by atoms with Crippen molar-refractivity contribution in [2.24, 2.45) is 0 Å². The summed E-state index contributed by atoms with van der Waals surface area (Å²) < 4.78 is 0. The van der Waals surface area contributed by atoms with E-state index < -0.39 is 0 Å². The first kappa shape index (κ1) is 14.5. The molecular weight excluding hydrogens is 216 g/mol. The molecule has 2 aromatic rings. The van der Waals surface area contributed by atoms with Gasteiger partial charge < -0.3 is 0 Å². The lowest BCUT2D eigenvalue weighted by Crippen LogP contribution is -1.84. The van der Waals surface area contributed by atoms with Crippen molar-refractivity contribution in [3.05, 3.63) is 60.2 Å². The van der Waals surface area contributed by atoms with Crippen molar-refractivity contribution in [3.8, 4) is 11.1 Å². The molecule has 2 aromatic carbocycles. The largest absolute Gasteiger partial charge is 0.0656 e. The van der Waals surface area contributed by atoms with Crippen LogP contribution in [0.5, 0.6) is 0 Å². The molecule has 0 aliphatic carbocycles. The third-order valence-corrected chi connectivity index (χ3v) is 2.57. The van der Waals surface area contributed by atoms with Crippen molar-refractivity contribution in [2.45, 2.75) is 40.0 Å². The summed E-state index contributed by atoms with van der Waals surface area (Å²) in [4.78, 5) is 0. The Bertz CT molecular complexity index is 429. The lowest BCUT2D eigenvalue weighted by molar-refractivity contribution is 0.922. The Kier molecular flexibility index (Phi) is 6.86. The third kappa shape index (κ3) is 4.75. The number of aryl methyl sites for hydroxylation is 1. The Morgan fingerprint density at radius 1 is 0.722 bits per heavy atom. The van der Waals surface area contributed by atoms with Crippen molar-refractivity contribution in [2.75, 3.05) is 0 Å². The van der Waals surface area contributed by atoms with Gasteiger partial charge in [0.1, 0.15) is 0 Å². The van der Waals surface area contributed by atoms with Crippen LogP contribution in [0.1, 0.15) is 39.2 Å². The smallest absolute Gasteiger partial charge is 0.0181 e. The van der Waals surface area contributed by atoms with Crippen LogP contribution in [-0.2, 0) is 6.42 Å². The fourth-order valence-electron chi connectivity index (χ4n) is 1.83. The van der Waals surface area contributed by atoms with Crippen LogP contribution in [0, 0.1) is 0 Å². The van der Waals surface area contributed by atoms with Gasteiger partial charge in [-0.15, -0.1) is 0 Å². The van der Waals surface area contributed by atoms with E-state index >= 15 is 0 Å². The molecule has 0 heterocycles. The van der Waals surface area contributed by atoms with Crippen LogP contribution in [0.3, 0.4) is 0 Å². The zero-order valence-electron chi connectivity index (χ0n) is 11.8. The molecule has 0 nitrogen and oxygen atoms in total. The second-order valence-electron chi connectivity index (χ2n) is 4.52. The lowest BCUT2D eigenvalue weighted by atomic mass is 10.0. The van der Waals surface area contributed by atoms with E-state index in [-0.39, 0.29) is 0 Å². The zero-order valence-corrected chi connectivity index (χ0v) is 11.8. The van der Waals surface area contributed by atoms with Crippen molar-refractivity contribution in [3.63, 3.8) is 0 Å². The van der Waals surface area contributed by atoms with Gasteiger partial charge in [0.15, 0.2) is 0 Å². The topological polar surface area (TPSA) is 0 Å². The highest BCUT2D eigenvalue weighted by Crippen LogP contribution is 2.20. The molecular formula is C18H24. The molecule has 0 aromatic heterocycles. The number of rotatable bonds is 3. The summed E-state index contributed by atoms with van der Waals surface area (Å²) in [7, 11) is 0. The fourth-order valence-corrected chi connectivity index (χ4v) is 1.83. The van der Waals surface area contributed by atoms with Crippen LogP contribution in [0.2, 0.25) is 0 Å². The van der Waals surface area contributed by atoms with Gasteiger partial charge in [-0.2, -0.15) is 0 Å². The average Bonchev–Trinajstić information content (AvgIpc) is 2.41. The summed E-state index contributed by atoms with van der Waals surface area (Å²) in [5.74, 6) is 0. The molecule has 18 heavy (non-hydrogen) atoms. The first-order chi connectivity index (χ1) is 8.81. The van der Waals surface area contributed by atoms with Crippen molar-refractivity contribution in [1.82, 2.24) is 0 Å². The summed E-state index contributed by atoms with van der Waals surface area (Å²) >= 11 is 0. The molecule has 0 aliphatic heterocycles. The summed E-state index contributed by atoms with van der Waals surface area (Å²) in [5.41, 5.74) is 4.05. The van der Waals surface area contributed by atoms with Crippen LogP contribution in [0.4, 0.5) is 0 Å². The monoisotopic (exact) mass is 240 g/mol. The molecule has 0 amide bonds. The molecule has 0 bridgehead atoms. The molecule has 0 saturated carbocycles. The van der Waals surface area contributed by atoms with E-state index in [0.717, 1.165) is 0 Å². The Morgan fingerprint density at radius 3 is 1.94 bits per heavy atom. The van der Waals surface area contributed by atoms with E-state index in [1.807, 2.05) is 0 Å². The van der Waals surface area contributed by atoms with E-state index in [2.05, 4.69) is 75.4 Å². The van der Waals surface area contributed by atoms with Crippen LogP contribution >= 0.6 is 0 Å². The third-order valence-electron chi connectivity index (χ3n) is 2.57. The standard InChI is InChI=1S/C15H16.C3H8/c1-2-7-13-8-6-11-15(12-13)14-9-4-3-5-10-14;1-3-2/h3-6,8-12H,2,7H2,1H3;3H2,1-2H3. The number of hydrogen-bond acceptors (Lipinski definition) is 0. The maximum atomic E-state index is 2.29. The Hall–Kier alpha value is -1.56. The lowest BCUT2D eigenvalue weighted by Gasteiger charge is -2.04. The fraction of sp³-hybridized carbons (Fsp3) is 0.333. The van der Waals surface area contributed by atoms with Crippen LogP contribution in [-0.4, -0.2) is 0 Å². The summed E-state index contributed by atoms with van der Waals surface area (Å²) in [5, 5.41) is 0. The summed E-state index contributed by atoms with van der Waals surface area (Å²) in [6, 6.07) is 19.4. The second-order valence-corrected chi connectivity index (χ2v) is 4.52. The highest BCUT2D eigenvalue weighted by atomic mass is 14.0. The Labute approximate surface area is 112 Å². The minimum Gasteiger partial charge on any atom is -0.0656 e. The van der Waals surface area contributed by atoms with Gasteiger partial charge >= 0.3 is 0 Å². The molecule has 96 valence electrons. The summed E-state index contributed by atoms with van der Waals surface area (Å²) in [6.45, 7) is 6.47. The zero-order chi connectivity index (χ0) is 13.2. The first-order valence-electron chi connectivity index (χ1n) is 6.96. The second kappa shape index (κ2) is 8.52. The molecule has 0 heteroatoms. The normalized spacial score (nSPS) is 9.50. The summed E-state index contributed by atoms with van der Waals surface area (Å²) in [6.07, 6.45) is 3.62. The van der Waals surface area contributed by atoms with Gasteiger partial charge in [0, 0.05) is 0 Å². The van der Waals surface area contributed by atoms with Crippen LogP contribution in [0.15, 0.2) is 54.6 Å². The van der Waals surface area contributed by atoms with Gasteiger partial charge in [0.2, 0.25) is 0 Å². The molecule has 0 aliphatic rings. The first-order valence-corrected chi connectivity index (χ1v) is 6.96. The van der Waals surface area contributed by atoms with Crippen LogP contribution in [0.25, 0.3) is 11.1 Å². The van der Waals surface area contributed by atoms with E-state index in [0.29, 0.717) is 0 Å². The number of hydrogen-bond donors (Lipinski definition) is 0. The minimum atomic E-state index is 1.17. The highest BCUT2D eigenvalue weighted by molar-refractivity contribution is 5.63. The Morgan fingerprint density at radius 2 is 1.33 bits per heavy atom. The molecule has 0 unspecified atom stereocenters. The number of benzene rings is 2. The highest BCUT2D eigenvalue weighted by Gasteiger charge is 1.97. The van der Waals surface area contributed by atoms with E-state index in [1.165, 1.54) is 36.0 Å². The molecule has 0 spiro atoms. The van der Waals surface area contributed by atoms with Gasteiger partial charge in [-0.25, -0.2) is 0 Å². The maximum absolute atomic E-state index is 2.29. The molecule has 0 fully saturated rings. The van der Waals surface area contributed by atoms with E-state index in [4.69, 9.17) is 0 Å². The van der Waals surface area contributed by atoms with Gasteiger partial charge in [-0.1, -0.05) is 88.2 Å². The molecule has 0 saturated heterocycles. The van der Waals surface area contributed by atoms with Gasteiger partial charge in [0.25, 0.3) is 0 Å². The van der Waals surface area contributed by atoms with Gasteiger partial charge in [0.05, 0.1) is 0 Å². The van der Waals surface area contributed by atoms with E-state index in [1.54, 1.807) is 0 Å². The molecule has 0 atom stereocenters. The van der Waals surface area contributed by atoms with Crippen molar-refractivity contribution >= 4 is 0 Å². The molecule has 2 rings (SSSR count). The van der Waals surface area contributed by atoms with Gasteiger partial charge in [-0.3, -0.25) is 0 Å². The maximum Gasteiger partial charge on any atom is -0.0181 e. The van der Waals surface area contributed by atoms with Crippen molar-refractivity contribution < 1.29 is 0 Å². The quantitative estimate of drug-likeness (QED) is 0.643. The van der Waals surface area contributed by atoms with E-state index in [9.17, 15) is 0 Å². The van der Waals surface area contributed by atoms with Crippen molar-refractivity contribution in [1.29, 1.82) is 0 Å². The Balaban J connectivity index is 0.000000492. The average molecular weight is 240 g/mol. The minimum absolute atomic E-state index is 1.17. The predicted molar refractivity (Wildman–Crippen MR) is 81.8 cm³/mol. The van der Waals surface area contributed by atoms with Gasteiger partial charge in [-0.05, 0) is 23.1 Å². The molecule has 0 N–H and O–H groups in total. The SMILES string of the molecule is CCC.CCCc1cccc(-c2ccccc2)c1.